The molecule has 0 bridgehead atoms. The van der Waals surface area contributed by atoms with Crippen molar-refractivity contribution in [3.8, 4) is 0 Å². The van der Waals surface area contributed by atoms with Crippen molar-refractivity contribution in [2.75, 3.05) is 13.6 Å². The van der Waals surface area contributed by atoms with Crippen molar-refractivity contribution in [3.05, 3.63) is 23.3 Å². The van der Waals surface area contributed by atoms with Crippen LogP contribution in [-0.4, -0.2) is 24.4 Å². The van der Waals surface area contributed by atoms with Crippen LogP contribution >= 0.6 is 0 Å². The van der Waals surface area contributed by atoms with Crippen molar-refractivity contribution in [2.24, 2.45) is 0 Å². The zero-order valence-corrected chi connectivity index (χ0v) is 7.34. The lowest BCUT2D eigenvalue weighted by molar-refractivity contribution is -0.124. The Labute approximate surface area is 72.6 Å². The Bertz CT molecular complexity index is 276. The van der Waals surface area contributed by atoms with Crippen molar-refractivity contribution in [1.82, 2.24) is 4.90 Å². The fourth-order valence-corrected chi connectivity index (χ4v) is 1.83. The second-order valence-corrected chi connectivity index (χ2v) is 3.46. The number of amides is 1. The van der Waals surface area contributed by atoms with E-state index in [0.29, 0.717) is 0 Å². The molecule has 1 aliphatic heterocycles. The van der Waals surface area contributed by atoms with Gasteiger partial charge in [0.15, 0.2) is 0 Å². The Balaban J connectivity index is 2.32. The molecule has 0 saturated carbocycles. The average Bonchev–Trinajstić information content (AvgIpc) is 2.30. The van der Waals surface area contributed by atoms with Gasteiger partial charge in [-0.2, -0.15) is 0 Å². The van der Waals surface area contributed by atoms with Crippen LogP contribution in [0.25, 0.3) is 0 Å². The summed E-state index contributed by atoms with van der Waals surface area (Å²) in [6.45, 7) is 0.810. The maximum absolute atomic E-state index is 11.5. The van der Waals surface area contributed by atoms with Gasteiger partial charge in [0.05, 0.1) is 0 Å². The minimum absolute atomic E-state index is 0.233. The largest absolute Gasteiger partial charge is 0.338 e. The topological polar surface area (TPSA) is 20.3 Å². The predicted octanol–water partition coefficient (Wildman–Crippen LogP) is 1.50. The first kappa shape index (κ1) is 7.59. The normalized spacial score (nSPS) is 23.1. The van der Waals surface area contributed by atoms with Gasteiger partial charge in [0.1, 0.15) is 0 Å². The van der Waals surface area contributed by atoms with Crippen LogP contribution in [-0.2, 0) is 4.79 Å². The van der Waals surface area contributed by atoms with Gasteiger partial charge in [0.2, 0.25) is 5.91 Å². The lowest BCUT2D eigenvalue weighted by atomic mass is 10.1. The van der Waals surface area contributed by atoms with Gasteiger partial charge in [-0.05, 0) is 24.8 Å². The number of allylic oxidation sites excluding steroid dienone is 1. The predicted molar refractivity (Wildman–Crippen MR) is 47.7 cm³/mol. The van der Waals surface area contributed by atoms with Crippen molar-refractivity contribution >= 4 is 5.91 Å². The van der Waals surface area contributed by atoms with Crippen LogP contribution in [0.4, 0.5) is 0 Å². The molecule has 1 amide bonds. The van der Waals surface area contributed by atoms with Gasteiger partial charge in [-0.1, -0.05) is 12.2 Å². The average molecular weight is 163 g/mol. The van der Waals surface area contributed by atoms with Gasteiger partial charge in [0, 0.05) is 19.2 Å². The molecule has 0 aromatic carbocycles. The van der Waals surface area contributed by atoms with Crippen molar-refractivity contribution < 1.29 is 4.79 Å². The van der Waals surface area contributed by atoms with E-state index < -0.39 is 0 Å². The molecule has 0 radical (unpaired) electrons. The van der Waals surface area contributed by atoms with Gasteiger partial charge in [0.25, 0.3) is 0 Å². The van der Waals surface area contributed by atoms with E-state index in [0.717, 1.165) is 31.4 Å². The molecule has 0 atom stereocenters. The Kier molecular flexibility index (Phi) is 1.75. The van der Waals surface area contributed by atoms with E-state index in [4.69, 9.17) is 0 Å². The van der Waals surface area contributed by atoms with E-state index in [2.05, 4.69) is 12.2 Å². The molecule has 2 nitrogen and oxygen atoms in total. The maximum atomic E-state index is 11.5. The third kappa shape index (κ3) is 1.07. The first-order chi connectivity index (χ1) is 5.79. The van der Waals surface area contributed by atoms with Crippen LogP contribution < -0.4 is 0 Å². The van der Waals surface area contributed by atoms with Gasteiger partial charge >= 0.3 is 0 Å². The van der Waals surface area contributed by atoms with Gasteiger partial charge in [-0.3, -0.25) is 4.79 Å². The summed E-state index contributed by atoms with van der Waals surface area (Å²) in [5, 5.41) is 0. The zero-order chi connectivity index (χ0) is 8.55. The van der Waals surface area contributed by atoms with Crippen LogP contribution in [0.3, 0.4) is 0 Å². The summed E-state index contributed by atoms with van der Waals surface area (Å²) < 4.78 is 0. The molecule has 0 fully saturated rings. The molecular formula is C10H13NO. The lowest BCUT2D eigenvalue weighted by Crippen LogP contribution is -2.21. The number of rotatable bonds is 0. The smallest absolute Gasteiger partial charge is 0.250 e. The standard InChI is InChI=1S/C10H13NO/c1-11-7-8-5-3-2-4-6-9(8)10(11)12/h3,5H,2,4,6-7H2,1H3. The molecule has 2 heteroatoms. The summed E-state index contributed by atoms with van der Waals surface area (Å²) in [5.41, 5.74) is 2.28. The Morgan fingerprint density at radius 3 is 3.17 bits per heavy atom. The number of nitrogens with zero attached hydrogens (tertiary/aromatic N) is 1. The molecule has 12 heavy (non-hydrogen) atoms. The third-order valence-electron chi connectivity index (χ3n) is 2.52. The fraction of sp³-hybridized carbons (Fsp3) is 0.500. The Hall–Kier alpha value is -1.05. The quantitative estimate of drug-likeness (QED) is 0.530. The molecule has 64 valence electrons. The van der Waals surface area contributed by atoms with E-state index in [1.54, 1.807) is 4.90 Å². The zero-order valence-electron chi connectivity index (χ0n) is 7.34. The minimum atomic E-state index is 0.233. The van der Waals surface area contributed by atoms with E-state index in [1.165, 1.54) is 5.57 Å². The van der Waals surface area contributed by atoms with Gasteiger partial charge < -0.3 is 4.90 Å². The highest BCUT2D eigenvalue weighted by molar-refractivity contribution is 5.97. The van der Waals surface area contributed by atoms with E-state index in [-0.39, 0.29) is 5.91 Å². The highest BCUT2D eigenvalue weighted by Gasteiger charge is 2.25. The molecule has 0 spiro atoms. The van der Waals surface area contributed by atoms with Crippen LogP contribution in [0.2, 0.25) is 0 Å². The highest BCUT2D eigenvalue weighted by Crippen LogP contribution is 2.25. The summed E-state index contributed by atoms with van der Waals surface area (Å²) in [6.07, 6.45) is 7.49. The summed E-state index contributed by atoms with van der Waals surface area (Å²) in [5.74, 6) is 0.233. The monoisotopic (exact) mass is 163 g/mol. The highest BCUT2D eigenvalue weighted by atomic mass is 16.2. The minimum Gasteiger partial charge on any atom is -0.338 e. The number of hydrogen-bond donors (Lipinski definition) is 0. The van der Waals surface area contributed by atoms with Crippen LogP contribution in [0.1, 0.15) is 19.3 Å². The van der Waals surface area contributed by atoms with E-state index >= 15 is 0 Å². The molecule has 2 aliphatic rings. The number of carbonyl (C=O) groups is 1. The Morgan fingerprint density at radius 1 is 1.50 bits per heavy atom. The molecule has 0 aromatic heterocycles. The summed E-state index contributed by atoms with van der Waals surface area (Å²) >= 11 is 0. The molecule has 1 heterocycles. The maximum Gasteiger partial charge on any atom is 0.250 e. The molecule has 0 N–H and O–H groups in total. The number of carbonyl (C=O) groups excluding carboxylic acids is 1. The van der Waals surface area contributed by atoms with Gasteiger partial charge in [-0.15, -0.1) is 0 Å². The second-order valence-electron chi connectivity index (χ2n) is 3.46. The summed E-state index contributed by atoms with van der Waals surface area (Å²) in [6, 6.07) is 0. The van der Waals surface area contributed by atoms with Crippen LogP contribution in [0, 0.1) is 0 Å². The number of hydrogen-bond acceptors (Lipinski definition) is 1. The van der Waals surface area contributed by atoms with Crippen molar-refractivity contribution in [3.63, 3.8) is 0 Å². The molecule has 1 aliphatic carbocycles. The molecule has 0 aromatic rings. The molecule has 0 saturated heterocycles. The first-order valence-electron chi connectivity index (χ1n) is 4.43. The van der Waals surface area contributed by atoms with E-state index in [9.17, 15) is 4.79 Å². The second kappa shape index (κ2) is 2.77. The van der Waals surface area contributed by atoms with Crippen molar-refractivity contribution in [1.29, 1.82) is 0 Å². The van der Waals surface area contributed by atoms with Crippen LogP contribution in [0.5, 0.6) is 0 Å². The lowest BCUT2D eigenvalue weighted by Gasteiger charge is -2.08. The molecular weight excluding hydrogens is 150 g/mol. The third-order valence-corrected chi connectivity index (χ3v) is 2.52. The summed E-state index contributed by atoms with van der Waals surface area (Å²) in [4.78, 5) is 13.3. The molecule has 2 rings (SSSR count). The first-order valence-corrected chi connectivity index (χ1v) is 4.43. The van der Waals surface area contributed by atoms with Crippen LogP contribution in [0.15, 0.2) is 23.3 Å². The van der Waals surface area contributed by atoms with Crippen molar-refractivity contribution in [2.45, 2.75) is 19.3 Å². The SMILES string of the molecule is CN1CC2=C(CCCC=C2)C1=O. The Morgan fingerprint density at radius 2 is 2.33 bits per heavy atom. The fourth-order valence-electron chi connectivity index (χ4n) is 1.83. The number of likely N-dealkylation sites (N-methyl/N-ethyl adjacent to an activating group) is 1. The van der Waals surface area contributed by atoms with Gasteiger partial charge in [-0.25, -0.2) is 0 Å². The molecule has 0 unspecified atom stereocenters. The van der Waals surface area contributed by atoms with E-state index in [1.807, 2.05) is 7.05 Å². The summed E-state index contributed by atoms with van der Waals surface area (Å²) in [7, 11) is 1.87.